The Morgan fingerprint density at radius 1 is 1.58 bits per heavy atom. The van der Waals surface area contributed by atoms with Crippen LogP contribution in [0.1, 0.15) is 23.2 Å². The number of hydrogen-bond donors (Lipinski definition) is 1. The number of furan rings is 1. The van der Waals surface area contributed by atoms with Crippen LogP contribution in [0.15, 0.2) is 22.6 Å². The van der Waals surface area contributed by atoms with Crippen molar-refractivity contribution in [1.29, 1.82) is 0 Å². The number of aryl methyl sites for hydroxylation is 2. The zero-order valence-corrected chi connectivity index (χ0v) is 10.4. The average molecular weight is 264 g/mol. The lowest BCUT2D eigenvalue weighted by atomic mass is 10.4. The summed E-state index contributed by atoms with van der Waals surface area (Å²) in [5, 5.41) is 17.2. The first-order valence-electron chi connectivity index (χ1n) is 5.61. The minimum absolute atomic E-state index is 0.117. The van der Waals surface area contributed by atoms with E-state index in [0.29, 0.717) is 12.4 Å². The summed E-state index contributed by atoms with van der Waals surface area (Å²) < 4.78 is 6.43. The normalized spacial score (nSPS) is 10.4. The number of nitrogens with zero attached hydrogens (tertiary/aromatic N) is 3. The fourth-order valence-corrected chi connectivity index (χ4v) is 1.61. The topological polar surface area (TPSA) is 103 Å². The first-order chi connectivity index (χ1) is 9.01. The molecule has 2 aromatic heterocycles. The fourth-order valence-electron chi connectivity index (χ4n) is 1.61. The summed E-state index contributed by atoms with van der Waals surface area (Å²) in [5.41, 5.74) is 0.766. The van der Waals surface area contributed by atoms with Crippen LogP contribution < -0.4 is 5.32 Å². The van der Waals surface area contributed by atoms with Gasteiger partial charge in [-0.25, -0.2) is 4.68 Å². The molecule has 100 valence electrons. The molecule has 8 nitrogen and oxygen atoms in total. The molecular weight excluding hydrogens is 252 g/mol. The van der Waals surface area contributed by atoms with Gasteiger partial charge in [0.2, 0.25) is 0 Å². The zero-order valence-electron chi connectivity index (χ0n) is 10.4. The third kappa shape index (κ3) is 2.62. The minimum Gasteiger partial charge on any atom is -0.395 e. The van der Waals surface area contributed by atoms with Gasteiger partial charge in [-0.3, -0.25) is 14.9 Å². The standard InChI is InChI=1S/C11H12N4O4/c1-3-14-9(6-7(2)13-14)12-11(16)8-4-5-10(19-8)15(17)18/h4-6H,3H2,1-2H3,(H,12,16). The maximum absolute atomic E-state index is 11.9. The third-order valence-corrected chi connectivity index (χ3v) is 2.44. The van der Waals surface area contributed by atoms with Crippen molar-refractivity contribution in [3.63, 3.8) is 0 Å². The monoisotopic (exact) mass is 264 g/mol. The number of carbonyl (C=O) groups excluding carboxylic acids is 1. The molecule has 19 heavy (non-hydrogen) atoms. The Hall–Kier alpha value is -2.64. The molecule has 0 aromatic carbocycles. The van der Waals surface area contributed by atoms with Gasteiger partial charge in [0.1, 0.15) is 10.7 Å². The lowest BCUT2D eigenvalue weighted by Crippen LogP contribution is -2.14. The molecule has 0 spiro atoms. The summed E-state index contributed by atoms with van der Waals surface area (Å²) in [6.07, 6.45) is 0. The van der Waals surface area contributed by atoms with Crippen LogP contribution in [-0.2, 0) is 6.54 Å². The van der Waals surface area contributed by atoms with Gasteiger partial charge in [-0.2, -0.15) is 5.10 Å². The second kappa shape index (κ2) is 4.92. The van der Waals surface area contributed by atoms with Gasteiger partial charge in [0.05, 0.1) is 11.8 Å². The van der Waals surface area contributed by atoms with E-state index >= 15 is 0 Å². The number of nitro groups is 1. The molecule has 0 fully saturated rings. The van der Waals surface area contributed by atoms with Gasteiger partial charge < -0.3 is 9.73 Å². The first kappa shape index (κ1) is 12.8. The van der Waals surface area contributed by atoms with E-state index in [2.05, 4.69) is 10.4 Å². The number of anilines is 1. The summed E-state index contributed by atoms with van der Waals surface area (Å²) in [5.74, 6) is -0.620. The van der Waals surface area contributed by atoms with Crippen molar-refractivity contribution in [3.05, 3.63) is 39.8 Å². The van der Waals surface area contributed by atoms with E-state index in [0.717, 1.165) is 11.8 Å². The molecule has 2 heterocycles. The molecule has 0 atom stereocenters. The van der Waals surface area contributed by atoms with Gasteiger partial charge in [-0.15, -0.1) is 0 Å². The van der Waals surface area contributed by atoms with Crippen molar-refractivity contribution in [1.82, 2.24) is 9.78 Å². The van der Waals surface area contributed by atoms with Crippen LogP contribution in [0, 0.1) is 17.0 Å². The van der Waals surface area contributed by atoms with Crippen molar-refractivity contribution in [2.75, 3.05) is 5.32 Å². The quantitative estimate of drug-likeness (QED) is 0.671. The molecule has 0 aliphatic carbocycles. The Morgan fingerprint density at radius 3 is 2.89 bits per heavy atom. The van der Waals surface area contributed by atoms with Crippen molar-refractivity contribution in [2.45, 2.75) is 20.4 Å². The van der Waals surface area contributed by atoms with Crippen LogP contribution in [-0.4, -0.2) is 20.6 Å². The number of amides is 1. The largest absolute Gasteiger partial charge is 0.433 e. The Labute approximate surface area is 108 Å². The molecule has 0 saturated carbocycles. The van der Waals surface area contributed by atoms with E-state index < -0.39 is 16.7 Å². The summed E-state index contributed by atoms with van der Waals surface area (Å²) in [7, 11) is 0. The highest BCUT2D eigenvalue weighted by Crippen LogP contribution is 2.17. The minimum atomic E-state index is -0.697. The molecule has 0 aliphatic heterocycles. The average Bonchev–Trinajstić information content (AvgIpc) is 2.95. The number of carbonyl (C=O) groups is 1. The highest BCUT2D eigenvalue weighted by atomic mass is 16.6. The second-order valence-electron chi connectivity index (χ2n) is 3.84. The van der Waals surface area contributed by atoms with E-state index in [4.69, 9.17) is 4.42 Å². The molecule has 2 rings (SSSR count). The Kier molecular flexibility index (Phi) is 3.32. The van der Waals surface area contributed by atoms with Crippen LogP contribution in [0.3, 0.4) is 0 Å². The van der Waals surface area contributed by atoms with E-state index in [-0.39, 0.29) is 5.76 Å². The molecule has 1 amide bonds. The van der Waals surface area contributed by atoms with Gasteiger partial charge in [0.25, 0.3) is 5.91 Å². The van der Waals surface area contributed by atoms with E-state index in [1.807, 2.05) is 6.92 Å². The van der Waals surface area contributed by atoms with Crippen molar-refractivity contribution < 1.29 is 14.1 Å². The zero-order chi connectivity index (χ0) is 14.0. The molecule has 0 aliphatic rings. The molecule has 1 N–H and O–H groups in total. The van der Waals surface area contributed by atoms with Gasteiger partial charge in [-0.1, -0.05) is 0 Å². The van der Waals surface area contributed by atoms with E-state index in [9.17, 15) is 14.9 Å². The molecular formula is C11H12N4O4. The van der Waals surface area contributed by atoms with Crippen LogP contribution in [0.5, 0.6) is 0 Å². The Morgan fingerprint density at radius 2 is 2.32 bits per heavy atom. The third-order valence-electron chi connectivity index (χ3n) is 2.44. The number of hydrogen-bond acceptors (Lipinski definition) is 5. The molecule has 0 bridgehead atoms. The smallest absolute Gasteiger partial charge is 0.395 e. The molecule has 0 radical (unpaired) electrons. The molecule has 0 saturated heterocycles. The van der Waals surface area contributed by atoms with Crippen molar-refractivity contribution in [3.8, 4) is 0 Å². The highest BCUT2D eigenvalue weighted by Gasteiger charge is 2.18. The van der Waals surface area contributed by atoms with Gasteiger partial charge in [0, 0.05) is 12.6 Å². The van der Waals surface area contributed by atoms with Crippen LogP contribution in [0.2, 0.25) is 0 Å². The van der Waals surface area contributed by atoms with Crippen molar-refractivity contribution in [2.24, 2.45) is 0 Å². The second-order valence-corrected chi connectivity index (χ2v) is 3.84. The molecule has 8 heteroatoms. The Balaban J connectivity index is 2.18. The number of aromatic nitrogens is 2. The summed E-state index contributed by atoms with van der Waals surface area (Å²) in [6, 6.07) is 4.10. The Bertz CT molecular complexity index is 628. The molecule has 2 aromatic rings. The molecule has 0 unspecified atom stereocenters. The number of nitrogens with one attached hydrogen (secondary N) is 1. The van der Waals surface area contributed by atoms with E-state index in [1.165, 1.54) is 6.07 Å². The lowest BCUT2D eigenvalue weighted by molar-refractivity contribution is -0.402. The summed E-state index contributed by atoms with van der Waals surface area (Å²) in [4.78, 5) is 21.6. The lowest BCUT2D eigenvalue weighted by Gasteiger charge is -2.04. The predicted molar refractivity (Wildman–Crippen MR) is 66.0 cm³/mol. The van der Waals surface area contributed by atoms with Gasteiger partial charge >= 0.3 is 5.88 Å². The summed E-state index contributed by atoms with van der Waals surface area (Å²) >= 11 is 0. The maximum Gasteiger partial charge on any atom is 0.433 e. The predicted octanol–water partition coefficient (Wildman–Crippen LogP) is 1.96. The maximum atomic E-state index is 11.9. The van der Waals surface area contributed by atoms with Crippen LogP contribution in [0.4, 0.5) is 11.7 Å². The SMILES string of the molecule is CCn1nc(C)cc1NC(=O)c1ccc([N+](=O)[O-])o1. The van der Waals surface area contributed by atoms with Crippen molar-refractivity contribution >= 4 is 17.6 Å². The first-order valence-corrected chi connectivity index (χ1v) is 5.61. The fraction of sp³-hybridized carbons (Fsp3) is 0.273. The summed E-state index contributed by atoms with van der Waals surface area (Å²) in [6.45, 7) is 4.29. The van der Waals surface area contributed by atoms with Crippen LogP contribution in [0.25, 0.3) is 0 Å². The van der Waals surface area contributed by atoms with E-state index in [1.54, 1.807) is 17.7 Å². The van der Waals surface area contributed by atoms with Gasteiger partial charge in [-0.05, 0) is 19.9 Å². The van der Waals surface area contributed by atoms with Gasteiger partial charge in [0.15, 0.2) is 5.76 Å². The number of rotatable bonds is 4. The van der Waals surface area contributed by atoms with Crippen LogP contribution >= 0.6 is 0 Å². The highest BCUT2D eigenvalue weighted by molar-refractivity contribution is 6.01.